The summed E-state index contributed by atoms with van der Waals surface area (Å²) in [6, 6.07) is 17.7. The van der Waals surface area contributed by atoms with Crippen molar-refractivity contribution in [1.82, 2.24) is 10.3 Å². The number of hydrogen-bond donors (Lipinski definition) is 3. The Hall–Kier alpha value is -2.59. The summed E-state index contributed by atoms with van der Waals surface area (Å²) in [6.07, 6.45) is 2.93. The maximum Gasteiger partial charge on any atom is 0.238 e. The zero-order valence-corrected chi connectivity index (χ0v) is 12.3. The van der Waals surface area contributed by atoms with Crippen molar-refractivity contribution in [1.29, 1.82) is 0 Å². The van der Waals surface area contributed by atoms with E-state index in [1.54, 1.807) is 0 Å². The lowest BCUT2D eigenvalue weighted by Gasteiger charge is -2.06. The van der Waals surface area contributed by atoms with Crippen molar-refractivity contribution < 1.29 is 4.79 Å². The van der Waals surface area contributed by atoms with Crippen molar-refractivity contribution in [2.75, 3.05) is 18.4 Å². The van der Waals surface area contributed by atoms with Crippen molar-refractivity contribution in [3.63, 3.8) is 0 Å². The third kappa shape index (κ3) is 3.54. The Labute approximate surface area is 129 Å². The van der Waals surface area contributed by atoms with Gasteiger partial charge in [0.15, 0.2) is 0 Å². The predicted molar refractivity (Wildman–Crippen MR) is 89.9 cm³/mol. The van der Waals surface area contributed by atoms with Gasteiger partial charge in [-0.05, 0) is 36.7 Å². The number of fused-ring (bicyclic) bond motifs is 1. The molecule has 0 radical (unpaired) electrons. The normalized spacial score (nSPS) is 10.7. The number of hydrogen-bond acceptors (Lipinski definition) is 2. The number of rotatable bonds is 6. The van der Waals surface area contributed by atoms with Crippen LogP contribution in [0.2, 0.25) is 0 Å². The number of anilines is 1. The minimum Gasteiger partial charge on any atom is -0.361 e. The van der Waals surface area contributed by atoms with Crippen LogP contribution in [0.5, 0.6) is 0 Å². The highest BCUT2D eigenvalue weighted by Gasteiger charge is 2.04. The first-order valence-electron chi connectivity index (χ1n) is 7.43. The average molecular weight is 293 g/mol. The van der Waals surface area contributed by atoms with Crippen molar-refractivity contribution >= 4 is 22.5 Å². The molecule has 0 aliphatic heterocycles. The number of amides is 1. The van der Waals surface area contributed by atoms with E-state index in [2.05, 4.69) is 27.8 Å². The van der Waals surface area contributed by atoms with Crippen LogP contribution in [0.4, 0.5) is 5.69 Å². The van der Waals surface area contributed by atoms with Gasteiger partial charge in [0.2, 0.25) is 5.91 Å². The van der Waals surface area contributed by atoms with Gasteiger partial charge >= 0.3 is 0 Å². The standard InChI is InChI=1S/C18H19N3O/c22-18(21-15-6-2-1-3-7-15)13-19-11-10-14-12-20-17-9-5-4-8-16(14)17/h1-9,12,19-20H,10-11,13H2,(H,21,22). The Kier molecular flexibility index (Phi) is 4.51. The summed E-state index contributed by atoms with van der Waals surface area (Å²) in [5.74, 6) is -0.0230. The van der Waals surface area contributed by atoms with E-state index >= 15 is 0 Å². The fourth-order valence-corrected chi connectivity index (χ4v) is 2.49. The van der Waals surface area contributed by atoms with Crippen LogP contribution < -0.4 is 10.6 Å². The summed E-state index contributed by atoms with van der Waals surface area (Å²) in [6.45, 7) is 1.08. The Morgan fingerprint density at radius 3 is 2.64 bits per heavy atom. The van der Waals surface area contributed by atoms with Crippen molar-refractivity contribution in [3.8, 4) is 0 Å². The molecule has 0 spiro atoms. The second-order valence-electron chi connectivity index (χ2n) is 5.20. The van der Waals surface area contributed by atoms with E-state index in [1.165, 1.54) is 10.9 Å². The molecule has 0 atom stereocenters. The van der Waals surface area contributed by atoms with Crippen molar-refractivity contribution in [2.45, 2.75) is 6.42 Å². The van der Waals surface area contributed by atoms with Crippen LogP contribution in [-0.2, 0) is 11.2 Å². The largest absolute Gasteiger partial charge is 0.361 e. The molecule has 2 aromatic carbocycles. The van der Waals surface area contributed by atoms with Gasteiger partial charge in [-0.25, -0.2) is 0 Å². The van der Waals surface area contributed by atoms with Crippen LogP contribution in [0, 0.1) is 0 Å². The van der Waals surface area contributed by atoms with E-state index in [9.17, 15) is 4.79 Å². The van der Waals surface area contributed by atoms with Gasteiger partial charge in [0.1, 0.15) is 0 Å². The van der Waals surface area contributed by atoms with Gasteiger partial charge < -0.3 is 15.6 Å². The van der Waals surface area contributed by atoms with Gasteiger partial charge in [-0.15, -0.1) is 0 Å². The molecule has 0 saturated carbocycles. The summed E-state index contributed by atoms with van der Waals surface area (Å²) in [7, 11) is 0. The number of aromatic amines is 1. The second kappa shape index (κ2) is 6.91. The highest BCUT2D eigenvalue weighted by Crippen LogP contribution is 2.17. The van der Waals surface area contributed by atoms with Gasteiger partial charge in [-0.3, -0.25) is 4.79 Å². The molecule has 3 aromatic rings. The maximum absolute atomic E-state index is 11.8. The molecule has 0 bridgehead atoms. The molecule has 1 heterocycles. The number of nitrogens with one attached hydrogen (secondary N) is 3. The predicted octanol–water partition coefficient (Wildman–Crippen LogP) is 2.94. The van der Waals surface area contributed by atoms with E-state index < -0.39 is 0 Å². The van der Waals surface area contributed by atoms with E-state index in [0.717, 1.165) is 24.2 Å². The first-order valence-corrected chi connectivity index (χ1v) is 7.43. The van der Waals surface area contributed by atoms with E-state index in [4.69, 9.17) is 0 Å². The highest BCUT2D eigenvalue weighted by atomic mass is 16.1. The lowest BCUT2D eigenvalue weighted by molar-refractivity contribution is -0.115. The second-order valence-corrected chi connectivity index (χ2v) is 5.20. The Balaban J connectivity index is 1.45. The number of aromatic nitrogens is 1. The maximum atomic E-state index is 11.8. The van der Waals surface area contributed by atoms with E-state index in [1.807, 2.05) is 48.7 Å². The average Bonchev–Trinajstić information content (AvgIpc) is 2.96. The minimum absolute atomic E-state index is 0.0230. The molecule has 0 aliphatic carbocycles. The topological polar surface area (TPSA) is 56.9 Å². The zero-order valence-electron chi connectivity index (χ0n) is 12.3. The molecular formula is C18H19N3O. The summed E-state index contributed by atoms with van der Waals surface area (Å²) in [5, 5.41) is 7.29. The van der Waals surface area contributed by atoms with Crippen LogP contribution in [0.25, 0.3) is 10.9 Å². The molecule has 4 nitrogen and oxygen atoms in total. The van der Waals surface area contributed by atoms with E-state index in [0.29, 0.717) is 6.54 Å². The molecule has 0 aliphatic rings. The van der Waals surface area contributed by atoms with Gasteiger partial charge in [0, 0.05) is 22.8 Å². The Morgan fingerprint density at radius 1 is 1.00 bits per heavy atom. The van der Waals surface area contributed by atoms with Crippen molar-refractivity contribution in [2.24, 2.45) is 0 Å². The van der Waals surface area contributed by atoms with Crippen molar-refractivity contribution in [3.05, 3.63) is 66.4 Å². The fraction of sp³-hybridized carbons (Fsp3) is 0.167. The van der Waals surface area contributed by atoms with Crippen LogP contribution in [-0.4, -0.2) is 24.0 Å². The highest BCUT2D eigenvalue weighted by molar-refractivity contribution is 5.92. The molecule has 112 valence electrons. The van der Waals surface area contributed by atoms with Crippen LogP contribution >= 0.6 is 0 Å². The zero-order chi connectivity index (χ0) is 15.2. The van der Waals surface area contributed by atoms with Crippen LogP contribution in [0.15, 0.2) is 60.8 Å². The summed E-state index contributed by atoms with van der Waals surface area (Å²) < 4.78 is 0. The number of carbonyl (C=O) groups excluding carboxylic acids is 1. The molecule has 0 fully saturated rings. The fourth-order valence-electron chi connectivity index (χ4n) is 2.49. The first kappa shape index (κ1) is 14.4. The van der Waals surface area contributed by atoms with Crippen LogP contribution in [0.3, 0.4) is 0 Å². The molecule has 22 heavy (non-hydrogen) atoms. The molecule has 0 saturated heterocycles. The van der Waals surface area contributed by atoms with Gasteiger partial charge in [0.25, 0.3) is 0 Å². The minimum atomic E-state index is -0.0230. The van der Waals surface area contributed by atoms with E-state index in [-0.39, 0.29) is 5.91 Å². The molecule has 4 heteroatoms. The van der Waals surface area contributed by atoms with Gasteiger partial charge in [-0.1, -0.05) is 36.4 Å². The summed E-state index contributed by atoms with van der Waals surface area (Å²) in [5.41, 5.74) is 3.25. The Morgan fingerprint density at radius 2 is 1.77 bits per heavy atom. The third-order valence-corrected chi connectivity index (χ3v) is 3.59. The monoisotopic (exact) mass is 293 g/mol. The van der Waals surface area contributed by atoms with Gasteiger partial charge in [-0.2, -0.15) is 0 Å². The number of benzene rings is 2. The lowest BCUT2D eigenvalue weighted by atomic mass is 10.1. The Bertz CT molecular complexity index is 749. The molecule has 0 unspecified atom stereocenters. The SMILES string of the molecule is O=C(CNCCc1c[nH]c2ccccc12)Nc1ccccc1. The molecule has 1 aromatic heterocycles. The quantitative estimate of drug-likeness (QED) is 0.612. The number of H-pyrrole nitrogens is 1. The number of carbonyl (C=O) groups is 1. The molecule has 3 N–H and O–H groups in total. The lowest BCUT2D eigenvalue weighted by Crippen LogP contribution is -2.29. The first-order chi connectivity index (χ1) is 10.8. The smallest absolute Gasteiger partial charge is 0.238 e. The molecule has 3 rings (SSSR count). The molecule has 1 amide bonds. The number of para-hydroxylation sites is 2. The summed E-state index contributed by atoms with van der Waals surface area (Å²) >= 11 is 0. The summed E-state index contributed by atoms with van der Waals surface area (Å²) in [4.78, 5) is 15.1. The third-order valence-electron chi connectivity index (χ3n) is 3.59. The van der Waals surface area contributed by atoms with Crippen LogP contribution in [0.1, 0.15) is 5.56 Å². The van der Waals surface area contributed by atoms with Gasteiger partial charge in [0.05, 0.1) is 6.54 Å². The molecular weight excluding hydrogens is 274 g/mol.